The molecule has 0 aliphatic carbocycles. The van der Waals surface area contributed by atoms with Crippen LogP contribution in [0.5, 0.6) is 0 Å². The number of carbonyl (C=O) groups excluding carboxylic acids is 4. The Morgan fingerprint density at radius 1 is 0.778 bits per heavy atom. The van der Waals surface area contributed by atoms with E-state index in [2.05, 4.69) is 0 Å². The molecule has 0 radical (unpaired) electrons. The number of nitrogens with one attached hydrogen (secondary N) is 4. The first-order chi connectivity index (χ1) is 7.34. The van der Waals surface area contributed by atoms with Crippen LogP contribution in [0.2, 0.25) is 0 Å². The van der Waals surface area contributed by atoms with Crippen LogP contribution < -0.4 is 90.6 Å². The average Bonchev–Trinajstić information content (AvgIpc) is 2.53. The predicted octanol–water partition coefficient (Wildman–Crippen LogP) is -11.5. The van der Waals surface area contributed by atoms with Gasteiger partial charge >= 0.3 is 71.2 Å². The Labute approximate surface area is 144 Å². The Morgan fingerprint density at radius 2 is 1.00 bits per heavy atom. The zero-order chi connectivity index (χ0) is 12.1. The van der Waals surface area contributed by atoms with Crippen LogP contribution in [0, 0.1) is 0 Å². The van der Waals surface area contributed by atoms with Crippen molar-refractivity contribution in [2.24, 2.45) is 0 Å². The zero-order valence-corrected chi connectivity index (χ0v) is 13.4. The van der Waals surface area contributed by atoms with Crippen molar-refractivity contribution in [2.75, 3.05) is 0 Å². The number of hydrogen-bond acceptors (Lipinski definition) is 6. The van der Waals surface area contributed by atoms with Crippen LogP contribution in [0.1, 0.15) is 0 Å². The monoisotopic (exact) mass is 274 g/mol. The zero-order valence-electron chi connectivity index (χ0n) is 9.45. The van der Waals surface area contributed by atoms with Crippen LogP contribution in [0.25, 0.3) is 0 Å². The summed E-state index contributed by atoms with van der Waals surface area (Å²) in [6.45, 7) is 0. The van der Waals surface area contributed by atoms with E-state index >= 15 is 0 Å². The third-order valence-electron chi connectivity index (χ3n) is 2.38. The third-order valence-corrected chi connectivity index (χ3v) is 2.38. The maximum absolute atomic E-state index is 11.0. The molecule has 0 atom stereocenters. The second-order valence-corrected chi connectivity index (χ2v) is 3.23. The summed E-state index contributed by atoms with van der Waals surface area (Å²) in [5.41, 5.74) is -5.22. The molecule has 10 nitrogen and oxygen atoms in total. The van der Waals surface area contributed by atoms with E-state index in [1.165, 1.54) is 0 Å². The summed E-state index contributed by atoms with van der Waals surface area (Å²) in [4.78, 5) is 43.8. The summed E-state index contributed by atoms with van der Waals surface area (Å²) in [6.07, 6.45) is 0. The second kappa shape index (κ2) is 5.23. The maximum atomic E-state index is 11.0. The molecule has 4 N–H and O–H groups in total. The van der Waals surface area contributed by atoms with Gasteiger partial charge in [0.2, 0.25) is 11.3 Å². The minimum Gasteiger partial charge on any atom is -0.545 e. The summed E-state index contributed by atoms with van der Waals surface area (Å²) in [5, 5.41) is 28.8. The van der Waals surface area contributed by atoms with Gasteiger partial charge in [-0.05, 0) is 0 Å². The smallest absolute Gasteiger partial charge is 0.545 e. The summed E-state index contributed by atoms with van der Waals surface area (Å²) >= 11 is 0. The summed E-state index contributed by atoms with van der Waals surface area (Å²) in [6, 6.07) is -2.19. The first-order valence-electron chi connectivity index (χ1n) is 3.97. The number of urea groups is 2. The molecule has 0 bridgehead atoms. The second-order valence-electron chi connectivity index (χ2n) is 3.23. The molecule has 86 valence electrons. The molecule has 2 saturated heterocycles. The number of carboxylic acids is 2. The van der Waals surface area contributed by atoms with E-state index in [9.17, 15) is 29.4 Å². The van der Waals surface area contributed by atoms with Crippen LogP contribution in [-0.2, 0) is 9.59 Å². The van der Waals surface area contributed by atoms with Gasteiger partial charge in [0.25, 0.3) is 0 Å². The van der Waals surface area contributed by atoms with Gasteiger partial charge in [0, 0.05) is 0 Å². The molecule has 2 aliphatic heterocycles. The molecule has 12 heteroatoms. The van der Waals surface area contributed by atoms with Crippen molar-refractivity contribution in [1.29, 1.82) is 0 Å². The van der Waals surface area contributed by atoms with Crippen molar-refractivity contribution in [3.05, 3.63) is 0 Å². The van der Waals surface area contributed by atoms with Crippen molar-refractivity contribution >= 4 is 24.0 Å². The van der Waals surface area contributed by atoms with E-state index in [4.69, 9.17) is 0 Å². The number of hydrogen-bond donors (Lipinski definition) is 4. The van der Waals surface area contributed by atoms with Crippen LogP contribution in [0.3, 0.4) is 0 Å². The minimum atomic E-state index is -2.61. The van der Waals surface area contributed by atoms with Crippen LogP contribution in [-0.4, -0.2) is 35.3 Å². The molecular formula is C6H4N4Na2O6. The maximum Gasteiger partial charge on any atom is 1.00 e. The van der Waals surface area contributed by atoms with Crippen LogP contribution >= 0.6 is 0 Å². The van der Waals surface area contributed by atoms with Gasteiger partial charge in [-0.3, -0.25) is 0 Å². The van der Waals surface area contributed by atoms with Crippen molar-refractivity contribution in [1.82, 2.24) is 21.3 Å². The normalized spacial score (nSPS) is 31.6. The van der Waals surface area contributed by atoms with E-state index in [1.54, 1.807) is 21.3 Å². The molecule has 2 fully saturated rings. The van der Waals surface area contributed by atoms with Gasteiger partial charge in [-0.15, -0.1) is 0 Å². The Bertz CT molecular complexity index is 384. The van der Waals surface area contributed by atoms with E-state index in [-0.39, 0.29) is 59.1 Å². The van der Waals surface area contributed by atoms with E-state index < -0.39 is 35.3 Å². The third kappa shape index (κ3) is 1.98. The molecule has 2 aliphatic rings. The molecule has 0 spiro atoms. The van der Waals surface area contributed by atoms with Gasteiger partial charge in [-0.1, -0.05) is 0 Å². The largest absolute Gasteiger partial charge is 1.00 e. The summed E-state index contributed by atoms with van der Waals surface area (Å²) in [5.74, 6) is -3.98. The Hall–Kier alpha value is -0.520. The van der Waals surface area contributed by atoms with Gasteiger partial charge in [0.05, 0.1) is 11.9 Å². The fourth-order valence-corrected chi connectivity index (χ4v) is 1.69. The van der Waals surface area contributed by atoms with Gasteiger partial charge in [-0.2, -0.15) is 0 Å². The Morgan fingerprint density at radius 3 is 1.17 bits per heavy atom. The number of amides is 4. The number of carboxylic acid groups (broad SMARTS) is 2. The molecule has 4 amide bonds. The quantitative estimate of drug-likeness (QED) is 0.365. The van der Waals surface area contributed by atoms with Gasteiger partial charge in [0.15, 0.2) is 0 Å². The number of aliphatic carboxylic acids is 2. The first-order valence-corrected chi connectivity index (χ1v) is 3.97. The standard InChI is InChI=1S/C6H6N4O6.2Na/c11-1(12)5-6(2(13)14,9-3(15)7-5)10-4(16)8-5;;/h(H,11,12)(H,13,14)(H2,7,9,15)(H2,8,10,16);;/q;2*+1/p-2. The minimum absolute atomic E-state index is 0. The van der Waals surface area contributed by atoms with Gasteiger partial charge in [-0.25, -0.2) is 9.59 Å². The molecule has 2 heterocycles. The molecule has 0 saturated carbocycles. The van der Waals surface area contributed by atoms with Gasteiger partial charge < -0.3 is 41.1 Å². The summed E-state index contributed by atoms with van der Waals surface area (Å²) < 4.78 is 0. The fraction of sp³-hybridized carbons (Fsp3) is 0.333. The van der Waals surface area contributed by atoms with Crippen LogP contribution in [0.4, 0.5) is 9.59 Å². The van der Waals surface area contributed by atoms with Crippen molar-refractivity contribution in [3.8, 4) is 0 Å². The topological polar surface area (TPSA) is 163 Å². The Kier molecular flexibility index (Phi) is 5.08. The van der Waals surface area contributed by atoms with Gasteiger partial charge in [0.1, 0.15) is 0 Å². The molecule has 18 heavy (non-hydrogen) atoms. The van der Waals surface area contributed by atoms with E-state index in [0.29, 0.717) is 0 Å². The number of rotatable bonds is 2. The molecule has 0 aromatic rings. The number of fused-ring (bicyclic) bond motifs is 1. The van der Waals surface area contributed by atoms with E-state index in [1.807, 2.05) is 0 Å². The van der Waals surface area contributed by atoms with E-state index in [0.717, 1.165) is 0 Å². The Balaban J connectivity index is 0.00000144. The SMILES string of the molecule is O=C1NC2(C(=O)[O-])NC(=O)NC2(C(=O)[O-])N1.[Na+].[Na+]. The molecule has 0 aromatic carbocycles. The fourth-order valence-electron chi connectivity index (χ4n) is 1.69. The average molecular weight is 274 g/mol. The van der Waals surface area contributed by atoms with Crippen molar-refractivity contribution < 1.29 is 88.5 Å². The number of carbonyl (C=O) groups is 4. The first kappa shape index (κ1) is 17.5. The summed E-state index contributed by atoms with van der Waals surface area (Å²) in [7, 11) is 0. The molecular weight excluding hydrogens is 270 g/mol. The molecule has 2 rings (SSSR count). The van der Waals surface area contributed by atoms with Crippen molar-refractivity contribution in [3.63, 3.8) is 0 Å². The van der Waals surface area contributed by atoms with Crippen LogP contribution in [0.15, 0.2) is 0 Å². The predicted molar refractivity (Wildman–Crippen MR) is 38.8 cm³/mol. The van der Waals surface area contributed by atoms with Crippen molar-refractivity contribution in [2.45, 2.75) is 11.3 Å². The molecule has 0 aromatic heterocycles. The molecule has 0 unspecified atom stereocenters.